The van der Waals surface area contributed by atoms with Crippen LogP contribution in [-0.2, 0) is 0 Å². The van der Waals surface area contributed by atoms with Crippen molar-refractivity contribution < 1.29 is 23.0 Å². The SMILES string of the molecule is COc1cc(C(=O)NCCCN(C)c2ccccc2)ccc1OC(F)F. The number of ether oxygens (including phenoxy) is 2. The summed E-state index contributed by atoms with van der Waals surface area (Å²) < 4.78 is 34.0. The summed E-state index contributed by atoms with van der Waals surface area (Å²) in [5, 5.41) is 2.81. The maximum Gasteiger partial charge on any atom is 0.387 e. The number of nitrogens with zero attached hydrogens (tertiary/aromatic N) is 1. The van der Waals surface area contributed by atoms with Gasteiger partial charge in [0.25, 0.3) is 5.91 Å². The van der Waals surface area contributed by atoms with Gasteiger partial charge < -0.3 is 19.7 Å². The van der Waals surface area contributed by atoms with Gasteiger partial charge in [0.1, 0.15) is 0 Å². The monoisotopic (exact) mass is 364 g/mol. The summed E-state index contributed by atoms with van der Waals surface area (Å²) in [4.78, 5) is 14.3. The van der Waals surface area contributed by atoms with Gasteiger partial charge in [-0.1, -0.05) is 18.2 Å². The van der Waals surface area contributed by atoms with Crippen LogP contribution in [0.3, 0.4) is 0 Å². The third kappa shape index (κ3) is 5.61. The number of alkyl halides is 2. The molecule has 5 nitrogen and oxygen atoms in total. The number of hydrogen-bond donors (Lipinski definition) is 1. The Kier molecular flexibility index (Phi) is 7.20. The Balaban J connectivity index is 1.84. The Bertz CT molecular complexity index is 711. The Morgan fingerprint density at radius 1 is 1.15 bits per heavy atom. The first-order valence-electron chi connectivity index (χ1n) is 8.18. The smallest absolute Gasteiger partial charge is 0.387 e. The number of hydrogen-bond acceptors (Lipinski definition) is 4. The van der Waals surface area contributed by atoms with E-state index in [1.165, 1.54) is 25.3 Å². The maximum atomic E-state index is 12.3. The van der Waals surface area contributed by atoms with Crippen LogP contribution in [0.4, 0.5) is 14.5 Å². The van der Waals surface area contributed by atoms with Crippen molar-refractivity contribution in [2.24, 2.45) is 0 Å². The summed E-state index contributed by atoms with van der Waals surface area (Å²) in [5.74, 6) is -0.320. The second-order valence-corrected chi connectivity index (χ2v) is 5.61. The van der Waals surface area contributed by atoms with E-state index < -0.39 is 6.61 Å². The molecule has 0 aliphatic rings. The predicted molar refractivity (Wildman–Crippen MR) is 96.3 cm³/mol. The lowest BCUT2D eigenvalue weighted by Crippen LogP contribution is -2.28. The fraction of sp³-hybridized carbons (Fsp3) is 0.316. The van der Waals surface area contributed by atoms with Gasteiger partial charge in [-0.05, 0) is 36.8 Å². The molecule has 0 aliphatic heterocycles. The quantitative estimate of drug-likeness (QED) is 0.692. The van der Waals surface area contributed by atoms with Crippen LogP contribution in [-0.4, -0.2) is 39.8 Å². The van der Waals surface area contributed by atoms with E-state index in [9.17, 15) is 13.6 Å². The van der Waals surface area contributed by atoms with Crippen LogP contribution in [0.2, 0.25) is 0 Å². The molecule has 1 amide bonds. The van der Waals surface area contributed by atoms with Gasteiger partial charge in [-0.25, -0.2) is 0 Å². The topological polar surface area (TPSA) is 50.8 Å². The van der Waals surface area contributed by atoms with Crippen molar-refractivity contribution in [3.8, 4) is 11.5 Å². The summed E-state index contributed by atoms with van der Waals surface area (Å²) in [6, 6.07) is 14.0. The maximum absolute atomic E-state index is 12.3. The summed E-state index contributed by atoms with van der Waals surface area (Å²) in [6.45, 7) is -1.67. The van der Waals surface area contributed by atoms with Gasteiger partial charge in [-0.2, -0.15) is 8.78 Å². The fourth-order valence-corrected chi connectivity index (χ4v) is 2.43. The third-order valence-electron chi connectivity index (χ3n) is 3.79. The van der Waals surface area contributed by atoms with Crippen molar-refractivity contribution in [2.75, 3.05) is 32.1 Å². The third-order valence-corrected chi connectivity index (χ3v) is 3.79. The van der Waals surface area contributed by atoms with Crippen LogP contribution in [0.1, 0.15) is 16.8 Å². The van der Waals surface area contributed by atoms with E-state index in [1.54, 1.807) is 0 Å². The number of methoxy groups -OCH3 is 1. The largest absolute Gasteiger partial charge is 0.493 e. The minimum absolute atomic E-state index is 0.0850. The molecule has 2 rings (SSSR count). The normalized spacial score (nSPS) is 10.5. The second-order valence-electron chi connectivity index (χ2n) is 5.61. The lowest BCUT2D eigenvalue weighted by molar-refractivity contribution is -0.0512. The number of carbonyl (C=O) groups excluding carboxylic acids is 1. The van der Waals surface area contributed by atoms with Gasteiger partial charge >= 0.3 is 6.61 Å². The van der Waals surface area contributed by atoms with Crippen molar-refractivity contribution in [1.29, 1.82) is 0 Å². The molecular formula is C19H22F2N2O3. The van der Waals surface area contributed by atoms with Crippen LogP contribution in [0.25, 0.3) is 0 Å². The number of halogens is 2. The number of amides is 1. The molecule has 0 aliphatic carbocycles. The van der Waals surface area contributed by atoms with E-state index in [0.29, 0.717) is 12.1 Å². The van der Waals surface area contributed by atoms with Gasteiger partial charge in [0.05, 0.1) is 7.11 Å². The average molecular weight is 364 g/mol. The van der Waals surface area contributed by atoms with Crippen molar-refractivity contribution >= 4 is 11.6 Å². The average Bonchev–Trinajstić information content (AvgIpc) is 2.65. The van der Waals surface area contributed by atoms with Crippen molar-refractivity contribution in [3.05, 3.63) is 54.1 Å². The van der Waals surface area contributed by atoms with E-state index in [4.69, 9.17) is 4.74 Å². The molecule has 26 heavy (non-hydrogen) atoms. The standard InChI is InChI=1S/C19H22F2N2O3/c1-23(15-7-4-3-5-8-15)12-6-11-22-18(24)14-9-10-16(26-19(20)21)17(13-14)25-2/h3-5,7-10,13,19H,6,11-12H2,1-2H3,(H,22,24). The minimum atomic E-state index is -2.95. The number of para-hydroxylation sites is 1. The zero-order valence-electron chi connectivity index (χ0n) is 14.7. The molecule has 7 heteroatoms. The molecule has 0 aromatic heterocycles. The molecule has 0 atom stereocenters. The summed E-state index contributed by atoms with van der Waals surface area (Å²) in [7, 11) is 3.32. The number of nitrogens with one attached hydrogen (secondary N) is 1. The van der Waals surface area contributed by atoms with Gasteiger partial charge in [0, 0.05) is 31.4 Å². The van der Waals surface area contributed by atoms with E-state index in [2.05, 4.69) is 15.0 Å². The lowest BCUT2D eigenvalue weighted by atomic mass is 10.2. The van der Waals surface area contributed by atoms with Crippen LogP contribution in [0, 0.1) is 0 Å². The van der Waals surface area contributed by atoms with Crippen molar-refractivity contribution in [2.45, 2.75) is 13.0 Å². The number of benzene rings is 2. The molecule has 0 radical (unpaired) electrons. The molecule has 0 saturated carbocycles. The van der Waals surface area contributed by atoms with E-state index in [1.807, 2.05) is 37.4 Å². The Morgan fingerprint density at radius 3 is 2.54 bits per heavy atom. The lowest BCUT2D eigenvalue weighted by Gasteiger charge is -2.19. The molecule has 1 N–H and O–H groups in total. The van der Waals surface area contributed by atoms with Crippen LogP contribution in [0.5, 0.6) is 11.5 Å². The van der Waals surface area contributed by atoms with E-state index in [-0.39, 0.29) is 17.4 Å². The van der Waals surface area contributed by atoms with Gasteiger partial charge in [-0.15, -0.1) is 0 Å². The fourth-order valence-electron chi connectivity index (χ4n) is 2.43. The first-order valence-corrected chi connectivity index (χ1v) is 8.18. The Hall–Kier alpha value is -2.83. The number of carbonyl (C=O) groups is 1. The number of rotatable bonds is 9. The molecule has 0 unspecified atom stereocenters. The van der Waals surface area contributed by atoms with Gasteiger partial charge in [0.2, 0.25) is 0 Å². The highest BCUT2D eigenvalue weighted by Gasteiger charge is 2.14. The zero-order valence-corrected chi connectivity index (χ0v) is 14.7. The Morgan fingerprint density at radius 2 is 1.88 bits per heavy atom. The van der Waals surface area contributed by atoms with Crippen LogP contribution < -0.4 is 19.7 Å². The second kappa shape index (κ2) is 9.60. The summed E-state index contributed by atoms with van der Waals surface area (Å²) >= 11 is 0. The summed E-state index contributed by atoms with van der Waals surface area (Å²) in [6.07, 6.45) is 0.765. The molecule has 0 heterocycles. The molecule has 0 bridgehead atoms. The Labute approximate surface area is 151 Å². The highest BCUT2D eigenvalue weighted by molar-refractivity contribution is 5.94. The van der Waals surface area contributed by atoms with Crippen LogP contribution in [0.15, 0.2) is 48.5 Å². The number of anilines is 1. The molecule has 2 aromatic carbocycles. The molecule has 140 valence electrons. The predicted octanol–water partition coefficient (Wildman–Crippen LogP) is 3.55. The van der Waals surface area contributed by atoms with E-state index in [0.717, 1.165) is 18.7 Å². The van der Waals surface area contributed by atoms with E-state index >= 15 is 0 Å². The zero-order chi connectivity index (χ0) is 18.9. The molecule has 0 saturated heterocycles. The molecule has 2 aromatic rings. The highest BCUT2D eigenvalue weighted by Crippen LogP contribution is 2.29. The molecular weight excluding hydrogens is 342 g/mol. The summed E-state index contributed by atoms with van der Waals surface area (Å²) in [5.41, 5.74) is 1.43. The van der Waals surface area contributed by atoms with Crippen LogP contribution >= 0.6 is 0 Å². The van der Waals surface area contributed by atoms with Crippen molar-refractivity contribution in [1.82, 2.24) is 5.32 Å². The molecule has 0 fully saturated rings. The van der Waals surface area contributed by atoms with Crippen molar-refractivity contribution in [3.63, 3.8) is 0 Å². The highest BCUT2D eigenvalue weighted by atomic mass is 19.3. The first-order chi connectivity index (χ1) is 12.5. The minimum Gasteiger partial charge on any atom is -0.493 e. The van der Waals surface area contributed by atoms with Gasteiger partial charge in [0.15, 0.2) is 11.5 Å². The van der Waals surface area contributed by atoms with Gasteiger partial charge in [-0.3, -0.25) is 4.79 Å². The first kappa shape index (κ1) is 19.5. The molecule has 0 spiro atoms.